The molecule has 0 radical (unpaired) electrons. The van der Waals surface area contributed by atoms with Gasteiger partial charge < -0.3 is 40.2 Å². The summed E-state index contributed by atoms with van der Waals surface area (Å²) in [5.41, 5.74) is 7.02. The van der Waals surface area contributed by atoms with Crippen molar-refractivity contribution in [2.75, 3.05) is 66.4 Å². The van der Waals surface area contributed by atoms with Gasteiger partial charge in [0, 0.05) is 64.4 Å². The number of benzene rings is 1. The second kappa shape index (κ2) is 34.6. The molecule has 0 aliphatic carbocycles. The van der Waals surface area contributed by atoms with Crippen LogP contribution in [0.4, 0.5) is 5.69 Å². The Hall–Kier alpha value is -1.88. The van der Waals surface area contributed by atoms with E-state index in [1.54, 1.807) is 0 Å². The van der Waals surface area contributed by atoms with Gasteiger partial charge in [-0.15, -0.1) is 11.7 Å². The Morgan fingerprint density at radius 1 is 0.833 bits per heavy atom. The monoisotopic (exact) mass is 1020 g/mol. The van der Waals surface area contributed by atoms with Crippen LogP contribution >= 0.6 is 0 Å². The third-order valence-corrected chi connectivity index (χ3v) is 10.8. The number of hydrogen-bond donors (Lipinski definition) is 2. The Morgan fingerprint density at radius 3 is 1.95 bits per heavy atom. The summed E-state index contributed by atoms with van der Waals surface area (Å²) in [6, 6.07) is 8.41. The molecule has 0 fully saturated rings. The van der Waals surface area contributed by atoms with Crippen LogP contribution in [0.5, 0.6) is 0 Å². The maximum atomic E-state index is 12.3. The summed E-state index contributed by atoms with van der Waals surface area (Å²) >= 11 is 0. The second-order valence-corrected chi connectivity index (χ2v) is 18.2. The molecule has 2 amide bonds. The number of nitrogens with zero attached hydrogens (tertiary/aromatic N) is 2. The first-order chi connectivity index (χ1) is 27.6. The predicted octanol–water partition coefficient (Wildman–Crippen LogP) is 9.90. The van der Waals surface area contributed by atoms with Crippen molar-refractivity contribution in [3.63, 3.8) is 0 Å². The van der Waals surface area contributed by atoms with Crippen LogP contribution in [0, 0.1) is 28.1 Å². The zero-order valence-corrected chi connectivity index (χ0v) is 44.1. The summed E-state index contributed by atoms with van der Waals surface area (Å²) in [6.07, 6.45) is 5.18. The average molecular weight is 1020 g/mol. The molecule has 0 saturated heterocycles. The van der Waals surface area contributed by atoms with E-state index in [9.17, 15) is 14.4 Å². The van der Waals surface area contributed by atoms with Crippen molar-refractivity contribution in [1.82, 2.24) is 10.2 Å². The first kappa shape index (κ1) is 62.4. The molecule has 0 aliphatic heterocycles. The van der Waals surface area contributed by atoms with E-state index in [1.807, 2.05) is 67.5 Å². The minimum Gasteiger partial charge on any atom is -0.682 e. The van der Waals surface area contributed by atoms with Crippen LogP contribution in [-0.2, 0) is 60.9 Å². The van der Waals surface area contributed by atoms with Gasteiger partial charge in [-0.05, 0) is 49.2 Å². The van der Waals surface area contributed by atoms with E-state index in [4.69, 9.17) is 30.0 Å². The van der Waals surface area contributed by atoms with Gasteiger partial charge in [-0.2, -0.15) is 0 Å². The first-order valence-corrected chi connectivity index (χ1v) is 22.5. The Morgan fingerprint density at radius 2 is 1.42 bits per heavy atom. The number of amides is 2. The molecule has 3 N–H and O–H groups in total. The zero-order chi connectivity index (χ0) is 45.7. The van der Waals surface area contributed by atoms with Crippen LogP contribution in [0.2, 0.25) is 0 Å². The number of ketones is 1. The fourth-order valence-corrected chi connectivity index (χ4v) is 6.14. The number of ether oxygens (including phenoxy) is 4. The summed E-state index contributed by atoms with van der Waals surface area (Å²) in [6.45, 7) is 37.2. The van der Waals surface area contributed by atoms with Crippen molar-refractivity contribution < 1.29 is 54.4 Å². The molecular weight excluding hydrogens is 928 g/mol. The minimum atomic E-state index is -0.496. The third kappa shape index (κ3) is 30.2. The molecule has 1 aromatic rings. The Kier molecular flexibility index (Phi) is 36.0. The number of rotatable bonds is 31. The van der Waals surface area contributed by atoms with Gasteiger partial charge in [0.15, 0.2) is 0 Å². The van der Waals surface area contributed by atoms with E-state index in [1.165, 1.54) is 12.0 Å². The molecule has 3 unspecified atom stereocenters. The molecule has 0 aromatic heterocycles. The number of nitrogens with one attached hydrogen (secondary N) is 1. The van der Waals surface area contributed by atoms with Crippen LogP contribution < -0.4 is 11.1 Å². The third-order valence-electron chi connectivity index (χ3n) is 10.8. The quantitative estimate of drug-likeness (QED) is 0.0701. The standard InChI is InChI=1S/C25H43N4O4.C21H42O3.C2H6.W/c1-6-13-29(5)16-21-8-10-22(11-9-21)28-20(2)7-12-24(31)27-18-25(3,4)19-33-15-14-32-17-23(26)30;1-10-18(22)21(8,9)17(5)19(16(3)4)24-15-14-23-13-12-20(6,7)11-2;1-2;/h8-11,20H,6-7,12-19H2,1-5H3,(H2,26,30)(H,27,31);16-17,19H,10-15H2,1-9H3;1-2H3;/q-1;;;. The molecule has 0 heterocycles. The number of carbonyl (C=O) groups is 3. The number of nitrogens with two attached hydrogens (primary N) is 1. The Labute approximate surface area is 382 Å². The van der Waals surface area contributed by atoms with Gasteiger partial charge in [-0.3, -0.25) is 14.4 Å². The maximum Gasteiger partial charge on any atom is 0.243 e. The van der Waals surface area contributed by atoms with Crippen LogP contribution in [0.1, 0.15) is 148 Å². The van der Waals surface area contributed by atoms with Gasteiger partial charge in [0.25, 0.3) is 0 Å². The van der Waals surface area contributed by atoms with E-state index < -0.39 is 5.91 Å². The van der Waals surface area contributed by atoms with Crippen molar-refractivity contribution in [1.29, 1.82) is 0 Å². The molecule has 0 bridgehead atoms. The predicted molar refractivity (Wildman–Crippen MR) is 246 cm³/mol. The van der Waals surface area contributed by atoms with E-state index in [-0.39, 0.29) is 62.5 Å². The number of Topliss-reactive ketones (excluding diaryl/α,β-unsaturated/α-hetero) is 1. The van der Waals surface area contributed by atoms with Crippen molar-refractivity contribution in [3.05, 3.63) is 35.1 Å². The summed E-state index contributed by atoms with van der Waals surface area (Å²) in [4.78, 5) is 37.4. The summed E-state index contributed by atoms with van der Waals surface area (Å²) < 4.78 is 22.5. The molecule has 0 spiro atoms. The molecular formula is C48H91N4O7W-. The van der Waals surface area contributed by atoms with Crippen molar-refractivity contribution in [2.24, 2.45) is 33.8 Å². The van der Waals surface area contributed by atoms with Crippen LogP contribution in [0.25, 0.3) is 5.32 Å². The molecule has 0 aliphatic rings. The zero-order valence-electron chi connectivity index (χ0n) is 41.2. The number of carbonyl (C=O) groups excluding carboxylic acids is 3. The second-order valence-electron chi connectivity index (χ2n) is 18.2. The summed E-state index contributed by atoms with van der Waals surface area (Å²) in [5, 5.41) is 7.71. The molecule has 1 rings (SSSR count). The van der Waals surface area contributed by atoms with E-state index in [2.05, 4.69) is 77.9 Å². The van der Waals surface area contributed by atoms with Gasteiger partial charge in [-0.1, -0.05) is 141 Å². The molecule has 3 atom stereocenters. The smallest absolute Gasteiger partial charge is 0.243 e. The maximum absolute atomic E-state index is 12.3. The van der Waals surface area contributed by atoms with Gasteiger partial charge in [0.2, 0.25) is 11.8 Å². The topological polar surface area (TPSA) is 144 Å². The van der Waals surface area contributed by atoms with Crippen LogP contribution in [0.15, 0.2) is 24.3 Å². The molecule has 12 heteroatoms. The SMILES string of the molecule is CC.CCC(=O)C(C)(C)C(C)C(OCCOCCC(C)(C)CC)C(C)C.CCCN(C)Cc1ccc([N-]C(C)CCC(=O)NCC(C)(C)COCCOCC(N)=O)cc1.[W]. The molecule has 11 nitrogen and oxygen atoms in total. The van der Waals surface area contributed by atoms with Crippen molar-refractivity contribution in [3.8, 4) is 0 Å². The normalized spacial score (nSPS) is 13.2. The minimum absolute atomic E-state index is 0. The summed E-state index contributed by atoms with van der Waals surface area (Å²) in [5.74, 6) is 0.391. The largest absolute Gasteiger partial charge is 0.682 e. The van der Waals surface area contributed by atoms with Crippen molar-refractivity contribution >= 4 is 23.3 Å². The van der Waals surface area contributed by atoms with Gasteiger partial charge in [0.1, 0.15) is 12.4 Å². The van der Waals surface area contributed by atoms with E-state index in [0.29, 0.717) is 76.0 Å². The molecule has 1 aromatic carbocycles. The van der Waals surface area contributed by atoms with Crippen LogP contribution in [-0.4, -0.2) is 101 Å². The van der Waals surface area contributed by atoms with Gasteiger partial charge >= 0.3 is 0 Å². The fourth-order valence-electron chi connectivity index (χ4n) is 6.14. The molecule has 0 saturated carbocycles. The fraction of sp³-hybridized carbons (Fsp3) is 0.812. The number of hydrogen-bond acceptors (Lipinski definition) is 8. The van der Waals surface area contributed by atoms with E-state index in [0.717, 1.165) is 38.2 Å². The molecule has 60 heavy (non-hydrogen) atoms. The van der Waals surface area contributed by atoms with Crippen molar-refractivity contribution in [2.45, 2.75) is 161 Å². The summed E-state index contributed by atoms with van der Waals surface area (Å²) in [7, 11) is 2.13. The molecule has 352 valence electrons. The van der Waals surface area contributed by atoms with E-state index >= 15 is 0 Å². The van der Waals surface area contributed by atoms with Crippen LogP contribution in [0.3, 0.4) is 0 Å². The average Bonchev–Trinajstić information content (AvgIpc) is 3.18. The Balaban J connectivity index is -0.00000107. The number of primary amides is 1. The van der Waals surface area contributed by atoms with Gasteiger partial charge in [-0.25, -0.2) is 0 Å². The Bertz CT molecular complexity index is 1240. The van der Waals surface area contributed by atoms with Gasteiger partial charge in [0.05, 0.1) is 39.1 Å². The first-order valence-electron chi connectivity index (χ1n) is 22.5.